The van der Waals surface area contributed by atoms with Crippen molar-refractivity contribution in [2.75, 3.05) is 7.11 Å². The van der Waals surface area contributed by atoms with Gasteiger partial charge >= 0.3 is 0 Å². The summed E-state index contributed by atoms with van der Waals surface area (Å²) < 4.78 is 5.06. The van der Waals surface area contributed by atoms with Crippen LogP contribution in [0.2, 0.25) is 5.02 Å². The molecule has 0 aliphatic carbocycles. The van der Waals surface area contributed by atoms with E-state index in [2.05, 4.69) is 6.92 Å². The van der Waals surface area contributed by atoms with Crippen LogP contribution in [0, 0.1) is 0 Å². The lowest BCUT2D eigenvalue weighted by Gasteiger charge is -2.03. The molecule has 0 amide bonds. The highest BCUT2D eigenvalue weighted by Crippen LogP contribution is 2.24. The Morgan fingerprint density at radius 1 is 1.45 bits per heavy atom. The molecule has 1 nitrogen and oxygen atoms in total. The van der Waals surface area contributed by atoms with E-state index in [1.807, 2.05) is 18.2 Å². The van der Waals surface area contributed by atoms with Gasteiger partial charge in [-0.3, -0.25) is 0 Å². The van der Waals surface area contributed by atoms with Crippen LogP contribution in [0.5, 0.6) is 5.75 Å². The third-order valence-corrected chi connectivity index (χ3v) is 1.94. The van der Waals surface area contributed by atoms with Gasteiger partial charge in [-0.15, -0.1) is 0 Å². The molecule has 0 aromatic heterocycles. The first kappa shape index (κ1) is 8.41. The van der Waals surface area contributed by atoms with Crippen LogP contribution >= 0.6 is 11.6 Å². The molecule has 0 atom stereocenters. The monoisotopic (exact) mass is 170 g/mol. The normalized spacial score (nSPS) is 9.73. The standard InChI is InChI=1S/C9H11ClO/c1-3-7-4-5-8(10)9(6-7)11-2/h4-6H,3H2,1-2H3. The van der Waals surface area contributed by atoms with Gasteiger partial charge in [-0.2, -0.15) is 0 Å². The summed E-state index contributed by atoms with van der Waals surface area (Å²) in [4.78, 5) is 0. The van der Waals surface area contributed by atoms with Crippen molar-refractivity contribution < 1.29 is 4.74 Å². The first-order valence-corrected chi connectivity index (χ1v) is 3.98. The van der Waals surface area contributed by atoms with E-state index in [4.69, 9.17) is 16.3 Å². The number of hydrogen-bond donors (Lipinski definition) is 0. The van der Waals surface area contributed by atoms with Crippen LogP contribution in [-0.2, 0) is 6.42 Å². The Morgan fingerprint density at radius 2 is 2.18 bits per heavy atom. The van der Waals surface area contributed by atoms with E-state index in [0.717, 1.165) is 12.2 Å². The number of halogens is 1. The summed E-state index contributed by atoms with van der Waals surface area (Å²) in [5.74, 6) is 0.756. The molecule has 1 rings (SSSR count). The molecule has 0 bridgehead atoms. The third-order valence-electron chi connectivity index (χ3n) is 1.62. The molecule has 0 N–H and O–H groups in total. The molecule has 60 valence electrons. The van der Waals surface area contributed by atoms with Crippen molar-refractivity contribution in [3.63, 3.8) is 0 Å². The van der Waals surface area contributed by atoms with Gasteiger partial charge < -0.3 is 4.74 Å². The number of ether oxygens (including phenoxy) is 1. The molecule has 11 heavy (non-hydrogen) atoms. The second kappa shape index (κ2) is 3.63. The lowest BCUT2D eigenvalue weighted by molar-refractivity contribution is 0.414. The van der Waals surface area contributed by atoms with Crippen LogP contribution in [0.4, 0.5) is 0 Å². The van der Waals surface area contributed by atoms with Crippen LogP contribution in [-0.4, -0.2) is 7.11 Å². The topological polar surface area (TPSA) is 9.23 Å². The number of hydrogen-bond acceptors (Lipinski definition) is 1. The van der Waals surface area contributed by atoms with Gasteiger partial charge in [0.1, 0.15) is 5.75 Å². The Labute approximate surface area is 71.9 Å². The van der Waals surface area contributed by atoms with Gasteiger partial charge in [0.15, 0.2) is 0 Å². The Bertz CT molecular complexity index is 245. The molecule has 0 spiro atoms. The number of aryl methyl sites for hydroxylation is 1. The molecule has 1 aromatic rings. The summed E-state index contributed by atoms with van der Waals surface area (Å²) in [7, 11) is 1.63. The van der Waals surface area contributed by atoms with Gasteiger partial charge in [0.2, 0.25) is 0 Å². The average molecular weight is 171 g/mol. The predicted molar refractivity (Wildman–Crippen MR) is 47.4 cm³/mol. The van der Waals surface area contributed by atoms with E-state index < -0.39 is 0 Å². The minimum Gasteiger partial charge on any atom is -0.495 e. The van der Waals surface area contributed by atoms with Crippen LogP contribution in [0.3, 0.4) is 0 Å². The largest absolute Gasteiger partial charge is 0.495 e. The van der Waals surface area contributed by atoms with Crippen LogP contribution < -0.4 is 4.74 Å². The molecule has 2 heteroatoms. The van der Waals surface area contributed by atoms with Crippen LogP contribution in [0.25, 0.3) is 0 Å². The summed E-state index contributed by atoms with van der Waals surface area (Å²) >= 11 is 5.83. The molecule has 0 saturated heterocycles. The Hall–Kier alpha value is -0.690. The highest BCUT2D eigenvalue weighted by molar-refractivity contribution is 6.32. The quantitative estimate of drug-likeness (QED) is 0.663. The van der Waals surface area contributed by atoms with Gasteiger partial charge in [0, 0.05) is 0 Å². The molecule has 0 fully saturated rings. The fourth-order valence-electron chi connectivity index (χ4n) is 0.924. The van der Waals surface area contributed by atoms with E-state index in [1.54, 1.807) is 7.11 Å². The fraction of sp³-hybridized carbons (Fsp3) is 0.333. The van der Waals surface area contributed by atoms with Crippen molar-refractivity contribution in [3.8, 4) is 5.75 Å². The van der Waals surface area contributed by atoms with Crippen LogP contribution in [0.1, 0.15) is 12.5 Å². The van der Waals surface area contributed by atoms with Gasteiger partial charge in [-0.25, -0.2) is 0 Å². The van der Waals surface area contributed by atoms with Crippen molar-refractivity contribution >= 4 is 11.6 Å². The van der Waals surface area contributed by atoms with Crippen molar-refractivity contribution in [2.45, 2.75) is 13.3 Å². The van der Waals surface area contributed by atoms with Gasteiger partial charge in [-0.05, 0) is 24.1 Å². The molecular weight excluding hydrogens is 160 g/mol. The lowest BCUT2D eigenvalue weighted by Crippen LogP contribution is -1.86. The smallest absolute Gasteiger partial charge is 0.137 e. The summed E-state index contributed by atoms with van der Waals surface area (Å²) in [6.07, 6.45) is 1.01. The molecular formula is C9H11ClO. The highest BCUT2D eigenvalue weighted by atomic mass is 35.5. The molecule has 0 unspecified atom stereocenters. The molecule has 0 aliphatic rings. The minimum absolute atomic E-state index is 0.671. The van der Waals surface area contributed by atoms with Gasteiger partial charge in [-0.1, -0.05) is 24.6 Å². The van der Waals surface area contributed by atoms with Crippen LogP contribution in [0.15, 0.2) is 18.2 Å². The average Bonchev–Trinajstić information content (AvgIpc) is 2.05. The maximum Gasteiger partial charge on any atom is 0.137 e. The number of methoxy groups -OCH3 is 1. The molecule has 0 heterocycles. The fourth-order valence-corrected chi connectivity index (χ4v) is 1.12. The minimum atomic E-state index is 0.671. The van der Waals surface area contributed by atoms with Crippen molar-refractivity contribution in [1.29, 1.82) is 0 Å². The number of rotatable bonds is 2. The summed E-state index contributed by atoms with van der Waals surface area (Å²) in [5, 5.41) is 0.671. The molecule has 0 saturated carbocycles. The Balaban J connectivity index is 3.02. The van der Waals surface area contributed by atoms with Crippen molar-refractivity contribution in [3.05, 3.63) is 28.8 Å². The van der Waals surface area contributed by atoms with E-state index in [9.17, 15) is 0 Å². The first-order valence-electron chi connectivity index (χ1n) is 3.60. The van der Waals surface area contributed by atoms with Crippen molar-refractivity contribution in [2.24, 2.45) is 0 Å². The first-order chi connectivity index (χ1) is 5.27. The SMILES string of the molecule is CCc1ccc(Cl)c(OC)c1. The zero-order chi connectivity index (χ0) is 8.27. The predicted octanol–water partition coefficient (Wildman–Crippen LogP) is 2.91. The molecule has 0 aliphatic heterocycles. The second-order valence-corrected chi connectivity index (χ2v) is 2.73. The Kier molecular flexibility index (Phi) is 2.77. The van der Waals surface area contributed by atoms with E-state index >= 15 is 0 Å². The van der Waals surface area contributed by atoms with Gasteiger partial charge in [0.25, 0.3) is 0 Å². The summed E-state index contributed by atoms with van der Waals surface area (Å²) in [5.41, 5.74) is 1.24. The summed E-state index contributed by atoms with van der Waals surface area (Å²) in [6.45, 7) is 2.10. The third kappa shape index (κ3) is 1.87. The Morgan fingerprint density at radius 3 is 2.73 bits per heavy atom. The second-order valence-electron chi connectivity index (χ2n) is 2.32. The van der Waals surface area contributed by atoms with E-state index in [1.165, 1.54) is 5.56 Å². The lowest BCUT2D eigenvalue weighted by atomic mass is 10.2. The zero-order valence-electron chi connectivity index (χ0n) is 6.73. The molecule has 1 aromatic carbocycles. The van der Waals surface area contributed by atoms with Gasteiger partial charge in [0.05, 0.1) is 12.1 Å². The zero-order valence-corrected chi connectivity index (χ0v) is 7.48. The highest BCUT2D eigenvalue weighted by Gasteiger charge is 1.99. The van der Waals surface area contributed by atoms with E-state index in [-0.39, 0.29) is 0 Å². The van der Waals surface area contributed by atoms with Crippen molar-refractivity contribution in [1.82, 2.24) is 0 Å². The maximum absolute atomic E-state index is 5.83. The number of benzene rings is 1. The maximum atomic E-state index is 5.83. The molecule has 0 radical (unpaired) electrons. The van der Waals surface area contributed by atoms with E-state index in [0.29, 0.717) is 5.02 Å². The summed E-state index contributed by atoms with van der Waals surface area (Å²) in [6, 6.07) is 5.83.